The zero-order valence-corrected chi connectivity index (χ0v) is 12.2. The fraction of sp³-hybridized carbons (Fsp3) is 0.533. The summed E-state index contributed by atoms with van der Waals surface area (Å²) in [6, 6.07) is 6.10. The van der Waals surface area contributed by atoms with Crippen molar-refractivity contribution < 1.29 is 4.74 Å². The van der Waals surface area contributed by atoms with Crippen LogP contribution in [0.5, 0.6) is 5.75 Å². The second-order valence-electron chi connectivity index (χ2n) is 5.41. The Balaban J connectivity index is 2.02. The number of ether oxygens (including phenoxy) is 1. The summed E-state index contributed by atoms with van der Waals surface area (Å²) in [5, 5.41) is 0. The van der Waals surface area contributed by atoms with Crippen molar-refractivity contribution in [3.63, 3.8) is 0 Å². The zero-order chi connectivity index (χ0) is 13.4. The third kappa shape index (κ3) is 2.44. The number of hydrogen-bond acceptors (Lipinski definition) is 2. The molecule has 0 N–H and O–H groups in total. The molecule has 1 aromatic heterocycles. The maximum atomic E-state index is 5.90. The third-order valence-electron chi connectivity index (χ3n) is 4.05. The Hall–Kier alpha value is -1.22. The summed E-state index contributed by atoms with van der Waals surface area (Å²) in [5.41, 5.74) is 2.20. The van der Waals surface area contributed by atoms with Crippen molar-refractivity contribution in [2.24, 2.45) is 11.8 Å². The monoisotopic (exact) mass is 278 g/mol. The highest BCUT2D eigenvalue weighted by molar-refractivity contribution is 6.17. The van der Waals surface area contributed by atoms with Gasteiger partial charge in [0.25, 0.3) is 0 Å². The first-order valence-corrected chi connectivity index (χ1v) is 7.35. The lowest BCUT2D eigenvalue weighted by Crippen LogP contribution is -2.06. The molecule has 3 rings (SSSR count). The fourth-order valence-electron chi connectivity index (χ4n) is 2.65. The number of rotatable bonds is 5. The van der Waals surface area contributed by atoms with E-state index in [0.29, 0.717) is 5.88 Å². The SMILES string of the molecule is COc1ccc2c(c1)nc(CCCl)n2CC1CC1C. The average Bonchev–Trinajstić information content (AvgIpc) is 3.00. The predicted octanol–water partition coefficient (Wildman–Crippen LogP) is 3.48. The van der Waals surface area contributed by atoms with Crippen molar-refractivity contribution in [2.45, 2.75) is 26.3 Å². The first-order valence-electron chi connectivity index (χ1n) is 6.82. The van der Waals surface area contributed by atoms with E-state index >= 15 is 0 Å². The summed E-state index contributed by atoms with van der Waals surface area (Å²) in [5.74, 6) is 4.21. The molecule has 1 saturated carbocycles. The van der Waals surface area contributed by atoms with Gasteiger partial charge in [-0.05, 0) is 30.4 Å². The van der Waals surface area contributed by atoms with Gasteiger partial charge in [0.2, 0.25) is 0 Å². The molecule has 1 heterocycles. The molecule has 1 aliphatic rings. The van der Waals surface area contributed by atoms with Crippen LogP contribution >= 0.6 is 11.6 Å². The molecule has 1 fully saturated rings. The topological polar surface area (TPSA) is 27.1 Å². The molecular weight excluding hydrogens is 260 g/mol. The second-order valence-corrected chi connectivity index (χ2v) is 5.78. The molecule has 0 aliphatic heterocycles. The molecule has 4 heteroatoms. The smallest absolute Gasteiger partial charge is 0.121 e. The van der Waals surface area contributed by atoms with Gasteiger partial charge in [-0.25, -0.2) is 4.98 Å². The maximum Gasteiger partial charge on any atom is 0.121 e. The van der Waals surface area contributed by atoms with E-state index < -0.39 is 0 Å². The van der Waals surface area contributed by atoms with E-state index in [1.807, 2.05) is 12.1 Å². The van der Waals surface area contributed by atoms with E-state index in [1.165, 1.54) is 11.9 Å². The number of alkyl halides is 1. The van der Waals surface area contributed by atoms with Crippen LogP contribution in [0.3, 0.4) is 0 Å². The highest BCUT2D eigenvalue weighted by atomic mass is 35.5. The summed E-state index contributed by atoms with van der Waals surface area (Å²) < 4.78 is 7.61. The molecular formula is C15H19ClN2O. The molecule has 1 aliphatic carbocycles. The van der Waals surface area contributed by atoms with Crippen LogP contribution in [0.4, 0.5) is 0 Å². The Kier molecular flexibility index (Phi) is 3.40. The minimum absolute atomic E-state index is 0.612. The minimum Gasteiger partial charge on any atom is -0.497 e. The summed E-state index contributed by atoms with van der Waals surface area (Å²) in [6.07, 6.45) is 2.15. The van der Waals surface area contributed by atoms with Crippen LogP contribution in [0.2, 0.25) is 0 Å². The fourth-order valence-corrected chi connectivity index (χ4v) is 2.82. The van der Waals surface area contributed by atoms with Crippen LogP contribution < -0.4 is 4.74 Å². The maximum absolute atomic E-state index is 5.90. The van der Waals surface area contributed by atoms with E-state index in [1.54, 1.807) is 7.11 Å². The van der Waals surface area contributed by atoms with E-state index in [0.717, 1.165) is 41.9 Å². The lowest BCUT2D eigenvalue weighted by molar-refractivity contribution is 0.415. The number of hydrogen-bond donors (Lipinski definition) is 0. The molecule has 2 atom stereocenters. The van der Waals surface area contributed by atoms with Crippen molar-refractivity contribution >= 4 is 22.6 Å². The molecule has 102 valence electrons. The van der Waals surface area contributed by atoms with E-state index in [9.17, 15) is 0 Å². The van der Waals surface area contributed by atoms with Crippen molar-refractivity contribution in [2.75, 3.05) is 13.0 Å². The number of aryl methyl sites for hydroxylation is 1. The second kappa shape index (κ2) is 5.04. The van der Waals surface area contributed by atoms with Crippen molar-refractivity contribution in [3.8, 4) is 5.75 Å². The van der Waals surface area contributed by atoms with Gasteiger partial charge in [-0.2, -0.15) is 0 Å². The van der Waals surface area contributed by atoms with Gasteiger partial charge < -0.3 is 9.30 Å². The highest BCUT2D eigenvalue weighted by Crippen LogP contribution is 2.40. The highest BCUT2D eigenvalue weighted by Gasteiger charge is 2.33. The normalized spacial score (nSPS) is 21.8. The van der Waals surface area contributed by atoms with Crippen molar-refractivity contribution in [3.05, 3.63) is 24.0 Å². The molecule has 0 bridgehead atoms. The summed E-state index contributed by atoms with van der Waals surface area (Å²) in [6.45, 7) is 3.38. The quantitative estimate of drug-likeness (QED) is 0.783. The van der Waals surface area contributed by atoms with Crippen molar-refractivity contribution in [1.29, 1.82) is 0 Å². The average molecular weight is 279 g/mol. The number of methoxy groups -OCH3 is 1. The molecule has 0 spiro atoms. The van der Waals surface area contributed by atoms with Crippen LogP contribution in [-0.4, -0.2) is 22.5 Å². The first-order chi connectivity index (χ1) is 9.22. The predicted molar refractivity (Wildman–Crippen MR) is 78.0 cm³/mol. The number of halogens is 1. The summed E-state index contributed by atoms with van der Waals surface area (Å²) in [4.78, 5) is 4.72. The van der Waals surface area contributed by atoms with Gasteiger partial charge in [0.15, 0.2) is 0 Å². The van der Waals surface area contributed by atoms with Crippen LogP contribution in [0, 0.1) is 11.8 Å². The molecule has 1 aromatic carbocycles. The van der Waals surface area contributed by atoms with Crippen LogP contribution in [0.25, 0.3) is 11.0 Å². The Labute approximate surface area is 118 Å². The summed E-state index contributed by atoms with van der Waals surface area (Å²) >= 11 is 5.90. The van der Waals surface area contributed by atoms with Gasteiger partial charge in [0.1, 0.15) is 11.6 Å². The lowest BCUT2D eigenvalue weighted by atomic mass is 10.2. The number of aromatic nitrogens is 2. The molecule has 3 nitrogen and oxygen atoms in total. The number of fused-ring (bicyclic) bond motifs is 1. The van der Waals surface area contributed by atoms with E-state index in [2.05, 4.69) is 17.6 Å². The molecule has 0 saturated heterocycles. The van der Waals surface area contributed by atoms with Gasteiger partial charge in [-0.1, -0.05) is 6.92 Å². The molecule has 19 heavy (non-hydrogen) atoms. The first kappa shape index (κ1) is 12.8. The van der Waals surface area contributed by atoms with Gasteiger partial charge in [0, 0.05) is 24.9 Å². The molecule has 2 unspecified atom stereocenters. The number of imidazole rings is 1. The van der Waals surface area contributed by atoms with Crippen LogP contribution in [0.1, 0.15) is 19.2 Å². The standard InChI is InChI=1S/C15H19ClN2O/c1-10-7-11(10)9-18-14-4-3-12(19-2)8-13(14)17-15(18)5-6-16/h3-4,8,10-11H,5-7,9H2,1-2H3. The van der Waals surface area contributed by atoms with Crippen molar-refractivity contribution in [1.82, 2.24) is 9.55 Å². The van der Waals surface area contributed by atoms with E-state index in [-0.39, 0.29) is 0 Å². The van der Waals surface area contributed by atoms with Gasteiger partial charge in [-0.3, -0.25) is 0 Å². The van der Waals surface area contributed by atoms with Gasteiger partial charge in [0.05, 0.1) is 18.1 Å². The minimum atomic E-state index is 0.612. The molecule has 0 amide bonds. The molecule has 2 aromatic rings. The Morgan fingerprint density at radius 1 is 1.47 bits per heavy atom. The number of benzene rings is 1. The zero-order valence-electron chi connectivity index (χ0n) is 11.4. The Morgan fingerprint density at radius 2 is 2.26 bits per heavy atom. The third-order valence-corrected chi connectivity index (χ3v) is 4.23. The lowest BCUT2D eigenvalue weighted by Gasteiger charge is -2.08. The Bertz CT molecular complexity index is 593. The van der Waals surface area contributed by atoms with Crippen LogP contribution in [0.15, 0.2) is 18.2 Å². The van der Waals surface area contributed by atoms with Gasteiger partial charge in [-0.15, -0.1) is 11.6 Å². The number of nitrogens with zero attached hydrogens (tertiary/aromatic N) is 2. The Morgan fingerprint density at radius 3 is 2.89 bits per heavy atom. The van der Waals surface area contributed by atoms with E-state index in [4.69, 9.17) is 21.3 Å². The largest absolute Gasteiger partial charge is 0.497 e. The summed E-state index contributed by atoms with van der Waals surface area (Å²) in [7, 11) is 1.68. The van der Waals surface area contributed by atoms with Gasteiger partial charge >= 0.3 is 0 Å². The van der Waals surface area contributed by atoms with Crippen LogP contribution in [-0.2, 0) is 13.0 Å². The molecule has 0 radical (unpaired) electrons.